The lowest BCUT2D eigenvalue weighted by molar-refractivity contribution is -0.384. The summed E-state index contributed by atoms with van der Waals surface area (Å²) in [5, 5.41) is 15.9. The Labute approximate surface area is 85.5 Å². The number of hydrogen-bond donors (Lipinski definition) is 2. The molecule has 0 saturated carbocycles. The van der Waals surface area contributed by atoms with Crippen molar-refractivity contribution in [2.75, 3.05) is 5.12 Å². The number of hydrazine groups is 2. The van der Waals surface area contributed by atoms with Gasteiger partial charge in [0.15, 0.2) is 0 Å². The molecule has 2 rings (SSSR count). The summed E-state index contributed by atoms with van der Waals surface area (Å²) >= 11 is 0. The molecule has 0 radical (unpaired) electrons. The number of hydrogen-bond acceptors (Lipinski definition) is 6. The van der Waals surface area contributed by atoms with Crippen LogP contribution in [0.5, 0.6) is 0 Å². The number of amidine groups is 1. The van der Waals surface area contributed by atoms with Crippen molar-refractivity contribution in [3.63, 3.8) is 0 Å². The van der Waals surface area contributed by atoms with E-state index in [1.54, 1.807) is 24.2 Å². The molecule has 0 amide bonds. The first-order chi connectivity index (χ1) is 7.16. The molecule has 0 unspecified atom stereocenters. The molecule has 0 bridgehead atoms. The lowest BCUT2D eigenvalue weighted by Gasteiger charge is -2.16. The van der Waals surface area contributed by atoms with Gasteiger partial charge in [-0.3, -0.25) is 15.5 Å². The first kappa shape index (κ1) is 9.25. The van der Waals surface area contributed by atoms with E-state index in [9.17, 15) is 10.1 Å². The Kier molecular flexibility index (Phi) is 2.13. The predicted molar refractivity (Wildman–Crippen MR) is 55.0 cm³/mol. The average Bonchev–Trinajstić information content (AvgIpc) is 2.65. The molecule has 0 fully saturated rings. The number of non-ortho nitro benzene ring substituents is 1. The number of nitro benzene ring substituents is 1. The molecule has 1 heterocycles. The SMILES string of the molecule is CC1=NNN(c2ccc([N+](=O)[O-])cc2)N1. The second-order valence-electron chi connectivity index (χ2n) is 3.02. The van der Waals surface area contributed by atoms with Gasteiger partial charge in [0.05, 0.1) is 10.6 Å². The number of nitrogens with zero attached hydrogens (tertiary/aromatic N) is 3. The van der Waals surface area contributed by atoms with Crippen molar-refractivity contribution in [2.24, 2.45) is 5.10 Å². The lowest BCUT2D eigenvalue weighted by Crippen LogP contribution is -2.40. The van der Waals surface area contributed by atoms with Gasteiger partial charge in [-0.05, 0) is 19.1 Å². The van der Waals surface area contributed by atoms with Gasteiger partial charge < -0.3 is 0 Å². The fraction of sp³-hybridized carbons (Fsp3) is 0.125. The standard InChI is InChI=1S/C8H9N5O2/c1-6-9-11-12(10-6)7-2-4-8(5-3-7)13(14)15/h2-5,11H,1H3,(H,9,10). The Hall–Kier alpha value is -2.31. The Morgan fingerprint density at radius 1 is 1.40 bits per heavy atom. The van der Waals surface area contributed by atoms with Crippen LogP contribution in [0.3, 0.4) is 0 Å². The van der Waals surface area contributed by atoms with Gasteiger partial charge in [-0.25, -0.2) is 0 Å². The molecule has 0 atom stereocenters. The largest absolute Gasteiger partial charge is 0.269 e. The highest BCUT2D eigenvalue weighted by Gasteiger charge is 2.12. The minimum Gasteiger partial charge on any atom is -0.264 e. The molecule has 1 aliphatic heterocycles. The molecule has 7 heteroatoms. The summed E-state index contributed by atoms with van der Waals surface area (Å²) in [6.45, 7) is 1.80. The smallest absolute Gasteiger partial charge is 0.264 e. The summed E-state index contributed by atoms with van der Waals surface area (Å²) in [6, 6.07) is 6.14. The minimum absolute atomic E-state index is 0.0654. The van der Waals surface area contributed by atoms with Gasteiger partial charge in [0.25, 0.3) is 5.69 Å². The van der Waals surface area contributed by atoms with Gasteiger partial charge >= 0.3 is 0 Å². The van der Waals surface area contributed by atoms with Gasteiger partial charge in [-0.1, -0.05) is 0 Å². The fourth-order valence-electron chi connectivity index (χ4n) is 1.18. The Morgan fingerprint density at radius 3 is 2.53 bits per heavy atom. The summed E-state index contributed by atoms with van der Waals surface area (Å²) in [5.41, 5.74) is 6.45. The van der Waals surface area contributed by atoms with Crippen LogP contribution < -0.4 is 16.1 Å². The molecule has 1 aliphatic rings. The van der Waals surface area contributed by atoms with Crippen LogP contribution in [0.1, 0.15) is 6.92 Å². The van der Waals surface area contributed by atoms with Crippen LogP contribution in [0.4, 0.5) is 11.4 Å². The van der Waals surface area contributed by atoms with E-state index in [0.717, 1.165) is 11.5 Å². The van der Waals surface area contributed by atoms with E-state index < -0.39 is 4.92 Å². The topological polar surface area (TPSA) is 82.8 Å². The van der Waals surface area contributed by atoms with Crippen molar-refractivity contribution in [3.8, 4) is 0 Å². The monoisotopic (exact) mass is 207 g/mol. The van der Waals surface area contributed by atoms with Gasteiger partial charge in [0.2, 0.25) is 0 Å². The third kappa shape index (κ3) is 1.80. The van der Waals surface area contributed by atoms with Crippen molar-refractivity contribution in [1.29, 1.82) is 0 Å². The van der Waals surface area contributed by atoms with Crippen LogP contribution in [0, 0.1) is 10.1 Å². The van der Waals surface area contributed by atoms with E-state index in [4.69, 9.17) is 0 Å². The third-order valence-electron chi connectivity index (χ3n) is 1.91. The third-order valence-corrected chi connectivity index (χ3v) is 1.91. The highest BCUT2D eigenvalue weighted by atomic mass is 16.6. The van der Waals surface area contributed by atoms with Gasteiger partial charge in [0.1, 0.15) is 5.84 Å². The van der Waals surface area contributed by atoms with E-state index in [1.807, 2.05) is 0 Å². The van der Waals surface area contributed by atoms with Crippen molar-refractivity contribution >= 4 is 17.2 Å². The maximum atomic E-state index is 10.4. The number of benzene rings is 1. The summed E-state index contributed by atoms with van der Waals surface area (Å²) in [5.74, 6) is 0.730. The molecule has 78 valence electrons. The Morgan fingerprint density at radius 2 is 2.07 bits per heavy atom. The molecule has 7 nitrogen and oxygen atoms in total. The first-order valence-electron chi connectivity index (χ1n) is 4.28. The molecular weight excluding hydrogens is 198 g/mol. The van der Waals surface area contributed by atoms with Crippen LogP contribution in [-0.4, -0.2) is 10.8 Å². The second kappa shape index (κ2) is 3.45. The quantitative estimate of drug-likeness (QED) is 0.552. The zero-order valence-corrected chi connectivity index (χ0v) is 7.97. The van der Waals surface area contributed by atoms with Gasteiger partial charge in [0, 0.05) is 12.1 Å². The number of rotatable bonds is 2. The lowest BCUT2D eigenvalue weighted by atomic mass is 10.3. The molecule has 0 saturated heterocycles. The van der Waals surface area contributed by atoms with E-state index in [2.05, 4.69) is 16.1 Å². The van der Waals surface area contributed by atoms with E-state index >= 15 is 0 Å². The van der Waals surface area contributed by atoms with E-state index in [0.29, 0.717) is 0 Å². The average molecular weight is 207 g/mol. The zero-order valence-electron chi connectivity index (χ0n) is 7.97. The van der Waals surface area contributed by atoms with Crippen LogP contribution in [-0.2, 0) is 0 Å². The van der Waals surface area contributed by atoms with Crippen molar-refractivity contribution in [1.82, 2.24) is 11.0 Å². The van der Waals surface area contributed by atoms with Crippen molar-refractivity contribution in [2.45, 2.75) is 6.92 Å². The maximum absolute atomic E-state index is 10.4. The van der Waals surface area contributed by atoms with Crippen molar-refractivity contribution < 1.29 is 4.92 Å². The van der Waals surface area contributed by atoms with Crippen molar-refractivity contribution in [3.05, 3.63) is 34.4 Å². The van der Waals surface area contributed by atoms with Crippen LogP contribution >= 0.6 is 0 Å². The summed E-state index contributed by atoms with van der Waals surface area (Å²) in [6.07, 6.45) is 0. The number of nitro groups is 1. The summed E-state index contributed by atoms with van der Waals surface area (Å²) in [4.78, 5) is 9.99. The van der Waals surface area contributed by atoms with Crippen LogP contribution in [0.2, 0.25) is 0 Å². The molecule has 0 aromatic heterocycles. The summed E-state index contributed by atoms with van der Waals surface area (Å²) in [7, 11) is 0. The molecular formula is C8H9N5O2. The molecule has 0 aliphatic carbocycles. The number of hydrazone groups is 1. The Balaban J connectivity index is 2.14. The number of anilines is 1. The maximum Gasteiger partial charge on any atom is 0.269 e. The zero-order chi connectivity index (χ0) is 10.8. The van der Waals surface area contributed by atoms with E-state index in [1.165, 1.54) is 12.1 Å². The van der Waals surface area contributed by atoms with E-state index in [-0.39, 0.29) is 5.69 Å². The normalized spacial score (nSPS) is 14.2. The summed E-state index contributed by atoms with van der Waals surface area (Å²) < 4.78 is 0. The van der Waals surface area contributed by atoms with Gasteiger partial charge in [-0.2, -0.15) is 10.7 Å². The molecule has 15 heavy (non-hydrogen) atoms. The Bertz CT molecular complexity index is 414. The van der Waals surface area contributed by atoms with Gasteiger partial charge in [-0.15, -0.1) is 5.10 Å². The fourth-order valence-corrected chi connectivity index (χ4v) is 1.18. The number of nitrogens with one attached hydrogen (secondary N) is 2. The minimum atomic E-state index is -0.434. The van der Waals surface area contributed by atoms with Crippen LogP contribution in [0.15, 0.2) is 29.4 Å². The molecule has 1 aromatic carbocycles. The highest BCUT2D eigenvalue weighted by Crippen LogP contribution is 2.17. The molecule has 2 N–H and O–H groups in total. The highest BCUT2D eigenvalue weighted by molar-refractivity contribution is 5.82. The van der Waals surface area contributed by atoms with Crippen LogP contribution in [0.25, 0.3) is 0 Å². The first-order valence-corrected chi connectivity index (χ1v) is 4.28. The molecule has 0 spiro atoms. The predicted octanol–water partition coefficient (Wildman–Crippen LogP) is 0.757. The molecule has 1 aromatic rings. The second-order valence-corrected chi connectivity index (χ2v) is 3.02.